The first-order chi connectivity index (χ1) is 19.0. The van der Waals surface area contributed by atoms with Crippen molar-refractivity contribution in [3.05, 3.63) is 113 Å². The van der Waals surface area contributed by atoms with Crippen LogP contribution in [0.4, 0.5) is 5.69 Å². The van der Waals surface area contributed by atoms with Gasteiger partial charge in [-0.1, -0.05) is 54.6 Å². The quantitative estimate of drug-likeness (QED) is 0.116. The molecule has 0 aliphatic heterocycles. The molecule has 0 saturated heterocycles. The van der Waals surface area contributed by atoms with Crippen LogP contribution in [-0.2, 0) is 24.6 Å². The number of benzene rings is 4. The molecule has 39 heavy (non-hydrogen) atoms. The van der Waals surface area contributed by atoms with Crippen molar-refractivity contribution in [2.24, 2.45) is 0 Å². The molecule has 5 N–H and O–H groups in total. The van der Waals surface area contributed by atoms with Gasteiger partial charge in [-0.2, -0.15) is 5.48 Å². The molecule has 0 aromatic heterocycles. The molecule has 0 spiro atoms. The Morgan fingerprint density at radius 1 is 0.846 bits per heavy atom. The monoisotopic (exact) mass is 526 g/mol. The van der Waals surface area contributed by atoms with Crippen LogP contribution in [0, 0.1) is 6.92 Å². The smallest absolute Gasteiger partial charge is 0.216 e. The zero-order chi connectivity index (χ0) is 27.5. The Morgan fingerprint density at radius 3 is 2.38 bits per heavy atom. The van der Waals surface area contributed by atoms with Gasteiger partial charge in [-0.15, -0.1) is 0 Å². The lowest BCUT2D eigenvalue weighted by molar-refractivity contribution is -0.825. The minimum absolute atomic E-state index is 0.0447. The van der Waals surface area contributed by atoms with Gasteiger partial charge in [0.15, 0.2) is 5.69 Å². The number of nitrogens with two attached hydrogens (primary N) is 1. The minimum atomic E-state index is -0.0447. The molecule has 202 valence electrons. The van der Waals surface area contributed by atoms with Crippen molar-refractivity contribution in [3.63, 3.8) is 0 Å². The highest BCUT2D eigenvalue weighted by Gasteiger charge is 2.10. The molecule has 0 unspecified atom stereocenters. The van der Waals surface area contributed by atoms with Gasteiger partial charge in [-0.3, -0.25) is 4.79 Å². The SMILES string of the molecule is CC(=O)NCCNCc1ccc(OCc2cccc(-c3ccccc3)c2C)cc1OCc1ccc([NH2+]O)cc1. The van der Waals surface area contributed by atoms with Gasteiger partial charge in [-0.25, -0.2) is 5.21 Å². The minimum Gasteiger partial charge on any atom is -0.489 e. The summed E-state index contributed by atoms with van der Waals surface area (Å²) in [5.74, 6) is 1.41. The largest absolute Gasteiger partial charge is 0.489 e. The Morgan fingerprint density at radius 2 is 1.64 bits per heavy atom. The van der Waals surface area contributed by atoms with Crippen LogP contribution in [0.25, 0.3) is 11.1 Å². The molecule has 0 heterocycles. The van der Waals surface area contributed by atoms with Gasteiger partial charge in [0.2, 0.25) is 5.91 Å². The third kappa shape index (κ3) is 8.15. The van der Waals surface area contributed by atoms with Crippen molar-refractivity contribution in [2.45, 2.75) is 33.6 Å². The maximum absolute atomic E-state index is 11.1. The Bertz CT molecular complexity index is 1360. The fourth-order valence-electron chi connectivity index (χ4n) is 4.25. The second kappa shape index (κ2) is 14.1. The van der Waals surface area contributed by atoms with E-state index >= 15 is 0 Å². The Labute approximate surface area is 229 Å². The van der Waals surface area contributed by atoms with Crippen LogP contribution >= 0.6 is 0 Å². The third-order valence-corrected chi connectivity index (χ3v) is 6.48. The zero-order valence-corrected chi connectivity index (χ0v) is 22.4. The lowest BCUT2D eigenvalue weighted by Crippen LogP contribution is -2.73. The predicted molar refractivity (Wildman–Crippen MR) is 152 cm³/mol. The first-order valence-electron chi connectivity index (χ1n) is 13.1. The number of hydrogen-bond donors (Lipinski definition) is 4. The maximum atomic E-state index is 11.1. The van der Waals surface area contributed by atoms with Gasteiger partial charge in [0.1, 0.15) is 24.7 Å². The van der Waals surface area contributed by atoms with Gasteiger partial charge in [0, 0.05) is 50.3 Å². The molecule has 7 heteroatoms. The second-order valence-electron chi connectivity index (χ2n) is 9.33. The van der Waals surface area contributed by atoms with Crippen LogP contribution in [0.5, 0.6) is 11.5 Å². The van der Waals surface area contributed by atoms with Crippen molar-refractivity contribution in [3.8, 4) is 22.6 Å². The van der Waals surface area contributed by atoms with E-state index in [-0.39, 0.29) is 5.91 Å². The molecule has 4 rings (SSSR count). The van der Waals surface area contributed by atoms with Crippen LogP contribution < -0.4 is 25.6 Å². The average molecular weight is 527 g/mol. The van der Waals surface area contributed by atoms with E-state index in [1.807, 2.05) is 48.5 Å². The van der Waals surface area contributed by atoms with Gasteiger partial charge in [0.05, 0.1) is 0 Å². The van der Waals surface area contributed by atoms with E-state index in [9.17, 15) is 10.0 Å². The molecule has 4 aromatic carbocycles. The fraction of sp³-hybridized carbons (Fsp3) is 0.219. The van der Waals surface area contributed by atoms with Gasteiger partial charge in [-0.05, 0) is 52.9 Å². The molecule has 0 aliphatic rings. The Hall–Kier alpha value is -4.17. The van der Waals surface area contributed by atoms with Crippen molar-refractivity contribution in [1.82, 2.24) is 10.6 Å². The van der Waals surface area contributed by atoms with Crippen LogP contribution in [0.15, 0.2) is 91.0 Å². The highest BCUT2D eigenvalue weighted by molar-refractivity contribution is 5.72. The van der Waals surface area contributed by atoms with Crippen molar-refractivity contribution < 1.29 is 25.0 Å². The van der Waals surface area contributed by atoms with E-state index in [1.54, 1.807) is 0 Å². The number of quaternary nitrogens is 1. The molecular weight excluding hydrogens is 490 g/mol. The summed E-state index contributed by atoms with van der Waals surface area (Å²) in [6.07, 6.45) is 0. The molecule has 0 bridgehead atoms. The van der Waals surface area contributed by atoms with E-state index in [2.05, 4.69) is 60.0 Å². The maximum Gasteiger partial charge on any atom is 0.216 e. The van der Waals surface area contributed by atoms with Crippen LogP contribution in [-0.4, -0.2) is 24.2 Å². The standard InChI is InChI=1S/C32H35N3O4/c1-23-28(9-6-10-31(23)26-7-4-3-5-8-26)22-38-30-16-13-27(20-33-17-18-34-24(2)36)32(19-30)39-21-25-11-14-29(35-37)15-12-25/h3-16,19,33,35,37H,17-18,20-22H2,1-2H3,(H,34,36)/p+1. The number of amides is 1. The lowest BCUT2D eigenvalue weighted by Gasteiger charge is -2.16. The fourth-order valence-corrected chi connectivity index (χ4v) is 4.25. The molecule has 0 aliphatic carbocycles. The second-order valence-corrected chi connectivity index (χ2v) is 9.33. The molecule has 1 amide bonds. The van der Waals surface area contributed by atoms with E-state index in [0.29, 0.717) is 32.8 Å². The van der Waals surface area contributed by atoms with Gasteiger partial charge < -0.3 is 20.1 Å². The average Bonchev–Trinajstić information content (AvgIpc) is 2.96. The normalized spacial score (nSPS) is 10.7. The van der Waals surface area contributed by atoms with E-state index < -0.39 is 0 Å². The predicted octanol–water partition coefficient (Wildman–Crippen LogP) is 4.63. The number of rotatable bonds is 13. The summed E-state index contributed by atoms with van der Waals surface area (Å²) < 4.78 is 12.5. The van der Waals surface area contributed by atoms with Crippen LogP contribution in [0.3, 0.4) is 0 Å². The summed E-state index contributed by atoms with van der Waals surface area (Å²) in [4.78, 5) is 11.1. The summed E-state index contributed by atoms with van der Waals surface area (Å²) in [6.45, 7) is 6.26. The number of carbonyl (C=O) groups is 1. The molecule has 0 fully saturated rings. The lowest BCUT2D eigenvalue weighted by atomic mass is 9.97. The summed E-state index contributed by atoms with van der Waals surface area (Å²) in [5.41, 5.74) is 8.52. The molecule has 0 radical (unpaired) electrons. The highest BCUT2D eigenvalue weighted by Crippen LogP contribution is 2.29. The molecule has 0 atom stereocenters. The first-order valence-corrected chi connectivity index (χ1v) is 13.1. The van der Waals surface area contributed by atoms with Crippen LogP contribution in [0.1, 0.15) is 29.2 Å². The number of nitrogens with one attached hydrogen (secondary N) is 2. The van der Waals surface area contributed by atoms with Crippen molar-refractivity contribution >= 4 is 11.6 Å². The summed E-state index contributed by atoms with van der Waals surface area (Å²) in [6, 6.07) is 30.1. The topological polar surface area (TPSA) is 96.4 Å². The third-order valence-electron chi connectivity index (χ3n) is 6.48. The summed E-state index contributed by atoms with van der Waals surface area (Å²) >= 11 is 0. The van der Waals surface area contributed by atoms with E-state index in [1.165, 1.54) is 23.6 Å². The van der Waals surface area contributed by atoms with Crippen molar-refractivity contribution in [1.29, 1.82) is 0 Å². The van der Waals surface area contributed by atoms with Gasteiger partial charge in [0.25, 0.3) is 0 Å². The van der Waals surface area contributed by atoms with Gasteiger partial charge >= 0.3 is 0 Å². The molecule has 7 nitrogen and oxygen atoms in total. The summed E-state index contributed by atoms with van der Waals surface area (Å²) in [5, 5.41) is 15.3. The first kappa shape index (κ1) is 27.9. The number of carbonyl (C=O) groups excluding carboxylic acids is 1. The Balaban J connectivity index is 1.46. The van der Waals surface area contributed by atoms with Crippen molar-refractivity contribution in [2.75, 3.05) is 13.1 Å². The van der Waals surface area contributed by atoms with E-state index in [0.717, 1.165) is 39.4 Å². The van der Waals surface area contributed by atoms with Crippen LogP contribution in [0.2, 0.25) is 0 Å². The Kier molecular flexibility index (Phi) is 10.1. The zero-order valence-electron chi connectivity index (χ0n) is 22.4. The number of ether oxygens (including phenoxy) is 2. The summed E-state index contributed by atoms with van der Waals surface area (Å²) in [7, 11) is 0. The van der Waals surface area contributed by atoms with E-state index in [4.69, 9.17) is 9.47 Å². The highest BCUT2D eigenvalue weighted by atomic mass is 16.5. The molecular formula is C32H36N3O4+. The molecule has 0 saturated carbocycles. The number of hydrogen-bond acceptors (Lipinski definition) is 5. The molecule has 4 aromatic rings.